The molecule has 1 aliphatic carbocycles. The Morgan fingerprint density at radius 3 is 2.14 bits per heavy atom. The normalized spacial score (nSPS) is 25.1. The molecule has 0 aliphatic heterocycles. The fourth-order valence-corrected chi connectivity index (χ4v) is 2.75. The van der Waals surface area contributed by atoms with E-state index in [2.05, 4.69) is 0 Å². The van der Waals surface area contributed by atoms with E-state index in [4.69, 9.17) is 10.5 Å². The highest BCUT2D eigenvalue weighted by atomic mass is 16.6. The average molecular weight is 301 g/mol. The monoisotopic (exact) mass is 301 g/mol. The van der Waals surface area contributed by atoms with Crippen LogP contribution in [0, 0.1) is 17.3 Å². The number of esters is 1. The first kappa shape index (κ1) is 17.4. The van der Waals surface area contributed by atoms with Crippen LogP contribution < -0.4 is 5.73 Å². The Morgan fingerprint density at radius 2 is 1.76 bits per heavy atom. The second kappa shape index (κ2) is 6.01. The second-order valence-corrected chi connectivity index (χ2v) is 6.54. The van der Waals surface area contributed by atoms with Gasteiger partial charge in [-0.3, -0.25) is 14.4 Å². The van der Waals surface area contributed by atoms with Gasteiger partial charge in [-0.2, -0.15) is 0 Å². The van der Waals surface area contributed by atoms with Crippen molar-refractivity contribution in [2.24, 2.45) is 23.0 Å². The SMILES string of the molecule is CC(C)(C)OC(=O)C1CC(CN)CCC1(C(=O)O)C(=O)O. The molecule has 4 N–H and O–H groups in total. The standard InChI is InChI=1S/C14H23NO6/c1-13(2,3)21-10(16)9-6-8(7-15)4-5-14(9,11(17)18)12(19)20/h8-9H,4-7,15H2,1-3H3,(H,17,18)(H,19,20). The molecule has 0 aromatic heterocycles. The highest BCUT2D eigenvalue weighted by Crippen LogP contribution is 2.45. The lowest BCUT2D eigenvalue weighted by Crippen LogP contribution is -2.53. The smallest absolute Gasteiger partial charge is 0.321 e. The summed E-state index contributed by atoms with van der Waals surface area (Å²) < 4.78 is 5.22. The first-order valence-corrected chi connectivity index (χ1v) is 6.94. The predicted molar refractivity (Wildman–Crippen MR) is 73.4 cm³/mol. The Morgan fingerprint density at radius 1 is 1.24 bits per heavy atom. The zero-order valence-electron chi connectivity index (χ0n) is 12.6. The fraction of sp³-hybridized carbons (Fsp3) is 0.786. The van der Waals surface area contributed by atoms with Crippen molar-refractivity contribution in [3.63, 3.8) is 0 Å². The third-order valence-electron chi connectivity index (χ3n) is 3.90. The summed E-state index contributed by atoms with van der Waals surface area (Å²) in [5.41, 5.74) is 2.65. The molecule has 2 unspecified atom stereocenters. The Hall–Kier alpha value is -1.63. The van der Waals surface area contributed by atoms with Gasteiger partial charge in [0.25, 0.3) is 0 Å². The topological polar surface area (TPSA) is 127 Å². The number of rotatable bonds is 4. The summed E-state index contributed by atoms with van der Waals surface area (Å²) in [6.45, 7) is 5.24. The van der Waals surface area contributed by atoms with Crippen molar-refractivity contribution in [3.05, 3.63) is 0 Å². The van der Waals surface area contributed by atoms with Crippen LogP contribution in [0.5, 0.6) is 0 Å². The molecule has 1 saturated carbocycles. The zero-order valence-corrected chi connectivity index (χ0v) is 12.6. The van der Waals surface area contributed by atoms with Crippen molar-refractivity contribution in [2.75, 3.05) is 6.54 Å². The van der Waals surface area contributed by atoms with Gasteiger partial charge in [0, 0.05) is 0 Å². The summed E-state index contributed by atoms with van der Waals surface area (Å²) in [6.07, 6.45) is 0.363. The van der Waals surface area contributed by atoms with E-state index in [1.54, 1.807) is 20.8 Å². The van der Waals surface area contributed by atoms with Crippen molar-refractivity contribution < 1.29 is 29.3 Å². The molecule has 0 spiro atoms. The highest BCUT2D eigenvalue weighted by Gasteiger charge is 2.59. The quantitative estimate of drug-likeness (QED) is 0.519. The maximum Gasteiger partial charge on any atom is 0.321 e. The van der Waals surface area contributed by atoms with Crippen molar-refractivity contribution in [1.29, 1.82) is 0 Å². The molecule has 1 fully saturated rings. The van der Waals surface area contributed by atoms with Crippen LogP contribution in [0.2, 0.25) is 0 Å². The Bertz CT molecular complexity index is 425. The molecule has 0 heterocycles. The number of carboxylic acids is 2. The molecule has 2 atom stereocenters. The van der Waals surface area contributed by atoms with E-state index in [9.17, 15) is 24.6 Å². The molecule has 7 heteroatoms. The van der Waals surface area contributed by atoms with Crippen molar-refractivity contribution in [3.8, 4) is 0 Å². The van der Waals surface area contributed by atoms with E-state index in [-0.39, 0.29) is 25.3 Å². The lowest BCUT2D eigenvalue weighted by Gasteiger charge is -2.40. The first-order valence-electron chi connectivity index (χ1n) is 6.94. The summed E-state index contributed by atoms with van der Waals surface area (Å²) in [5.74, 6) is -5.09. The Labute approximate surface area is 123 Å². The number of hydrogen-bond donors (Lipinski definition) is 3. The first-order chi connectivity index (χ1) is 9.54. The second-order valence-electron chi connectivity index (χ2n) is 6.54. The lowest BCUT2D eigenvalue weighted by molar-refractivity contribution is -0.187. The number of carbonyl (C=O) groups is 3. The van der Waals surface area contributed by atoms with E-state index in [1.807, 2.05) is 0 Å². The van der Waals surface area contributed by atoms with Crippen LogP contribution in [0.15, 0.2) is 0 Å². The van der Waals surface area contributed by atoms with Crippen LogP contribution in [-0.4, -0.2) is 40.3 Å². The number of nitrogens with two attached hydrogens (primary N) is 1. The van der Waals surface area contributed by atoms with E-state index >= 15 is 0 Å². The molecule has 0 saturated heterocycles. The number of carbonyl (C=O) groups excluding carboxylic acids is 1. The molecule has 1 aliphatic rings. The highest BCUT2D eigenvalue weighted by molar-refractivity contribution is 6.02. The largest absolute Gasteiger partial charge is 0.480 e. The maximum atomic E-state index is 12.3. The van der Waals surface area contributed by atoms with Gasteiger partial charge in [-0.25, -0.2) is 0 Å². The molecule has 0 amide bonds. The fourth-order valence-electron chi connectivity index (χ4n) is 2.75. The lowest BCUT2D eigenvalue weighted by atomic mass is 9.63. The van der Waals surface area contributed by atoms with E-state index in [0.717, 1.165) is 0 Å². The van der Waals surface area contributed by atoms with Gasteiger partial charge in [-0.15, -0.1) is 0 Å². The zero-order chi connectivity index (χ0) is 16.4. The van der Waals surface area contributed by atoms with Crippen molar-refractivity contribution >= 4 is 17.9 Å². The number of ether oxygens (including phenoxy) is 1. The number of aliphatic carboxylic acids is 2. The van der Waals surface area contributed by atoms with Gasteiger partial charge in [0.15, 0.2) is 5.41 Å². The van der Waals surface area contributed by atoms with Crippen molar-refractivity contribution in [2.45, 2.75) is 45.6 Å². The van der Waals surface area contributed by atoms with Crippen LogP contribution >= 0.6 is 0 Å². The number of hydrogen-bond acceptors (Lipinski definition) is 5. The van der Waals surface area contributed by atoms with Gasteiger partial charge in [-0.1, -0.05) is 0 Å². The third kappa shape index (κ3) is 3.53. The van der Waals surface area contributed by atoms with Gasteiger partial charge in [-0.05, 0) is 52.5 Å². The van der Waals surface area contributed by atoms with Crippen LogP contribution in [0.4, 0.5) is 0 Å². The molecule has 1 rings (SSSR count). The minimum absolute atomic E-state index is 0.0747. The number of carboxylic acid groups (broad SMARTS) is 2. The van der Waals surface area contributed by atoms with Gasteiger partial charge in [0.1, 0.15) is 5.60 Å². The summed E-state index contributed by atoms with van der Waals surface area (Å²) in [6, 6.07) is 0. The van der Waals surface area contributed by atoms with Gasteiger partial charge in [0.05, 0.1) is 5.92 Å². The molecule has 21 heavy (non-hydrogen) atoms. The van der Waals surface area contributed by atoms with Crippen LogP contribution in [0.25, 0.3) is 0 Å². The summed E-state index contributed by atoms with van der Waals surface area (Å²) in [4.78, 5) is 35.5. The minimum atomic E-state index is -2.13. The minimum Gasteiger partial charge on any atom is -0.480 e. The molecule has 7 nitrogen and oxygen atoms in total. The maximum absolute atomic E-state index is 12.3. The van der Waals surface area contributed by atoms with E-state index < -0.39 is 34.8 Å². The summed E-state index contributed by atoms with van der Waals surface area (Å²) >= 11 is 0. The molecular weight excluding hydrogens is 278 g/mol. The summed E-state index contributed by atoms with van der Waals surface area (Å²) in [5, 5.41) is 18.8. The van der Waals surface area contributed by atoms with Gasteiger partial charge >= 0.3 is 17.9 Å². The predicted octanol–water partition coefficient (Wildman–Crippen LogP) is 0.859. The van der Waals surface area contributed by atoms with E-state index in [0.29, 0.717) is 6.42 Å². The molecule has 0 bridgehead atoms. The molecule has 0 aromatic carbocycles. The van der Waals surface area contributed by atoms with Crippen LogP contribution in [0.1, 0.15) is 40.0 Å². The Kier molecular flexibility index (Phi) is 4.99. The molecular formula is C14H23NO6. The van der Waals surface area contributed by atoms with Gasteiger partial charge in [0.2, 0.25) is 0 Å². The molecule has 0 radical (unpaired) electrons. The van der Waals surface area contributed by atoms with Crippen molar-refractivity contribution in [1.82, 2.24) is 0 Å². The van der Waals surface area contributed by atoms with Gasteiger partial charge < -0.3 is 20.7 Å². The molecule has 120 valence electrons. The Balaban J connectivity index is 3.18. The van der Waals surface area contributed by atoms with Crippen LogP contribution in [0.3, 0.4) is 0 Å². The summed E-state index contributed by atoms with van der Waals surface area (Å²) in [7, 11) is 0. The van der Waals surface area contributed by atoms with Crippen LogP contribution in [-0.2, 0) is 19.1 Å². The third-order valence-corrected chi connectivity index (χ3v) is 3.90. The average Bonchev–Trinajstić information content (AvgIpc) is 2.35. The molecule has 0 aromatic rings. The van der Waals surface area contributed by atoms with E-state index in [1.165, 1.54) is 0 Å².